The van der Waals surface area contributed by atoms with Crippen LogP contribution in [0.5, 0.6) is 11.5 Å². The van der Waals surface area contributed by atoms with Gasteiger partial charge >= 0.3 is 5.69 Å². The Bertz CT molecular complexity index is 1040. The highest BCUT2D eigenvalue weighted by Gasteiger charge is 2.26. The molecular weight excluding hydrogens is 523 g/mol. The molecule has 0 saturated heterocycles. The zero-order valence-corrected chi connectivity index (χ0v) is 25.8. The molecule has 206 valence electrons. The number of para-hydroxylation sites is 2. The lowest BCUT2D eigenvalue weighted by molar-refractivity contribution is 0.496. The number of unbranched alkanes of at least 4 members (excludes halogenated alkanes) is 8. The summed E-state index contributed by atoms with van der Waals surface area (Å²) in [4.78, 5) is 0. The van der Waals surface area contributed by atoms with E-state index >= 15 is 0 Å². The normalized spacial score (nSPS) is 11.4. The maximum atomic E-state index is 6.72. The number of hydrogen-bond acceptors (Lipinski definition) is 4. The predicted octanol–water partition coefficient (Wildman–Crippen LogP) is 11.3. The number of benzene rings is 3. The van der Waals surface area contributed by atoms with Gasteiger partial charge in [-0.2, -0.15) is 0 Å². The van der Waals surface area contributed by atoms with Crippen molar-refractivity contribution in [1.82, 2.24) is 0 Å². The quantitative estimate of drug-likeness (QED) is 0.106. The standard InChI is InChI=1S/C33H45O2PS2/c1-3-5-7-9-14-22-30-24-16-18-26-32(30)34-36(37,38-28-29-20-12-11-13-21-29)35-33-27-19-17-25-31(33)23-15-10-8-6-4-2/h11-13,16-21,24-27H,3-10,14-15,22-23,28H2,1-2H3. The number of rotatable bonds is 19. The molecule has 0 radical (unpaired) electrons. The van der Waals surface area contributed by atoms with E-state index in [2.05, 4.69) is 74.5 Å². The maximum absolute atomic E-state index is 6.72. The Labute approximate surface area is 240 Å². The summed E-state index contributed by atoms with van der Waals surface area (Å²) in [6, 6.07) is 27.3. The van der Waals surface area contributed by atoms with Crippen LogP contribution < -0.4 is 9.05 Å². The van der Waals surface area contributed by atoms with Crippen LogP contribution >= 0.6 is 17.1 Å². The molecule has 3 rings (SSSR count). The highest BCUT2D eigenvalue weighted by Crippen LogP contribution is 2.61. The van der Waals surface area contributed by atoms with Gasteiger partial charge in [-0.25, -0.2) is 0 Å². The highest BCUT2D eigenvalue weighted by molar-refractivity contribution is 8.67. The Balaban J connectivity index is 1.77. The van der Waals surface area contributed by atoms with Gasteiger partial charge in [0, 0.05) is 5.75 Å². The van der Waals surface area contributed by atoms with Crippen LogP contribution in [0.2, 0.25) is 0 Å². The maximum Gasteiger partial charge on any atom is 0.348 e. The molecule has 0 N–H and O–H groups in total. The van der Waals surface area contributed by atoms with Gasteiger partial charge in [0.25, 0.3) is 0 Å². The van der Waals surface area contributed by atoms with Crippen LogP contribution in [0.4, 0.5) is 0 Å². The molecule has 0 aliphatic carbocycles. The molecular formula is C33H45O2PS2. The van der Waals surface area contributed by atoms with Crippen molar-refractivity contribution in [2.75, 3.05) is 0 Å². The second-order valence-corrected chi connectivity index (χ2v) is 16.1. The van der Waals surface area contributed by atoms with Gasteiger partial charge in [0.1, 0.15) is 11.5 Å². The lowest BCUT2D eigenvalue weighted by Gasteiger charge is -2.25. The molecule has 3 aromatic rings. The molecule has 0 amide bonds. The summed E-state index contributed by atoms with van der Waals surface area (Å²) in [5.74, 6) is 2.52. The second kappa shape index (κ2) is 17.8. The molecule has 0 unspecified atom stereocenters. The third-order valence-corrected chi connectivity index (χ3v) is 11.5. The second-order valence-electron chi connectivity index (χ2n) is 9.93. The number of hydrogen-bond donors (Lipinski definition) is 0. The summed E-state index contributed by atoms with van der Waals surface area (Å²) in [5, 5.41) is 0. The zero-order valence-electron chi connectivity index (χ0n) is 23.3. The van der Waals surface area contributed by atoms with E-state index in [0.717, 1.165) is 30.1 Å². The van der Waals surface area contributed by atoms with Crippen LogP contribution in [-0.4, -0.2) is 0 Å². The van der Waals surface area contributed by atoms with Crippen LogP contribution in [-0.2, 0) is 30.4 Å². The fourth-order valence-electron chi connectivity index (χ4n) is 4.48. The van der Waals surface area contributed by atoms with Crippen molar-refractivity contribution in [2.45, 2.75) is 96.7 Å². The molecule has 0 aliphatic rings. The Morgan fingerprint density at radius 1 is 0.579 bits per heavy atom. The minimum absolute atomic E-state index is 0.760. The first-order valence-corrected chi connectivity index (χ1v) is 18.7. The molecule has 0 aromatic heterocycles. The summed E-state index contributed by atoms with van der Waals surface area (Å²) in [5.41, 5.74) is 0.953. The van der Waals surface area contributed by atoms with Gasteiger partial charge in [-0.3, -0.25) is 0 Å². The fraction of sp³-hybridized carbons (Fsp3) is 0.455. The zero-order chi connectivity index (χ0) is 26.9. The van der Waals surface area contributed by atoms with Crippen molar-refractivity contribution in [3.05, 3.63) is 95.6 Å². The van der Waals surface area contributed by atoms with Crippen molar-refractivity contribution < 1.29 is 9.05 Å². The smallest absolute Gasteiger partial charge is 0.348 e. The third-order valence-electron chi connectivity index (χ3n) is 6.70. The topological polar surface area (TPSA) is 18.5 Å². The molecule has 5 heteroatoms. The van der Waals surface area contributed by atoms with Crippen molar-refractivity contribution >= 4 is 28.9 Å². The average molecular weight is 569 g/mol. The van der Waals surface area contributed by atoms with Gasteiger partial charge in [0.05, 0.1) is 0 Å². The minimum atomic E-state index is -2.73. The molecule has 3 aromatic carbocycles. The highest BCUT2D eigenvalue weighted by atomic mass is 32.9. The van der Waals surface area contributed by atoms with E-state index in [4.69, 9.17) is 20.9 Å². The molecule has 2 nitrogen and oxygen atoms in total. The molecule has 0 fully saturated rings. The van der Waals surface area contributed by atoms with Crippen LogP contribution in [0.15, 0.2) is 78.9 Å². The average Bonchev–Trinajstić information content (AvgIpc) is 2.94. The summed E-state index contributed by atoms with van der Waals surface area (Å²) in [7, 11) is 0. The fourth-order valence-corrected chi connectivity index (χ4v) is 8.63. The van der Waals surface area contributed by atoms with Crippen molar-refractivity contribution in [1.29, 1.82) is 0 Å². The monoisotopic (exact) mass is 568 g/mol. The third kappa shape index (κ3) is 11.2. The van der Waals surface area contributed by atoms with Crippen LogP contribution in [0.3, 0.4) is 0 Å². The summed E-state index contributed by atoms with van der Waals surface area (Å²) in [6.07, 6.45) is 14.6. The molecule has 38 heavy (non-hydrogen) atoms. The summed E-state index contributed by atoms with van der Waals surface area (Å²) < 4.78 is 13.4. The number of aryl methyl sites for hydroxylation is 2. The first kappa shape index (κ1) is 30.8. The van der Waals surface area contributed by atoms with E-state index in [9.17, 15) is 0 Å². The molecule has 0 saturated carbocycles. The first-order chi connectivity index (χ1) is 18.6. The van der Waals surface area contributed by atoms with E-state index in [1.807, 2.05) is 18.2 Å². The van der Waals surface area contributed by atoms with Gasteiger partial charge < -0.3 is 9.05 Å². The Morgan fingerprint density at radius 3 is 1.53 bits per heavy atom. The van der Waals surface area contributed by atoms with Gasteiger partial charge in [0.15, 0.2) is 0 Å². The van der Waals surface area contributed by atoms with E-state index in [1.165, 1.54) is 80.9 Å². The van der Waals surface area contributed by atoms with Crippen LogP contribution in [0.25, 0.3) is 0 Å². The lowest BCUT2D eigenvalue weighted by atomic mass is 10.0. The van der Waals surface area contributed by atoms with E-state index < -0.39 is 5.69 Å². The van der Waals surface area contributed by atoms with Gasteiger partial charge in [-0.1, -0.05) is 132 Å². The van der Waals surface area contributed by atoms with E-state index in [0.29, 0.717) is 0 Å². The van der Waals surface area contributed by atoms with Gasteiger partial charge in [-0.05, 0) is 77.7 Å². The lowest BCUT2D eigenvalue weighted by Crippen LogP contribution is -2.03. The van der Waals surface area contributed by atoms with Crippen molar-refractivity contribution in [2.24, 2.45) is 0 Å². The molecule has 0 aliphatic heterocycles. The Kier molecular flexibility index (Phi) is 14.4. The predicted molar refractivity (Wildman–Crippen MR) is 171 cm³/mol. The summed E-state index contributed by atoms with van der Waals surface area (Å²) in [6.45, 7) is 4.52. The molecule has 0 spiro atoms. The van der Waals surface area contributed by atoms with Gasteiger partial charge in [0.2, 0.25) is 0 Å². The molecule has 0 bridgehead atoms. The van der Waals surface area contributed by atoms with E-state index in [-0.39, 0.29) is 0 Å². The van der Waals surface area contributed by atoms with Crippen LogP contribution in [0, 0.1) is 0 Å². The van der Waals surface area contributed by atoms with Crippen molar-refractivity contribution in [3.63, 3.8) is 0 Å². The minimum Gasteiger partial charge on any atom is -0.428 e. The summed E-state index contributed by atoms with van der Waals surface area (Å²) >= 11 is 7.89. The first-order valence-electron chi connectivity index (χ1n) is 14.5. The van der Waals surface area contributed by atoms with Gasteiger partial charge in [-0.15, -0.1) is 0 Å². The molecule has 0 atom stereocenters. The van der Waals surface area contributed by atoms with Crippen LogP contribution in [0.1, 0.15) is 94.7 Å². The SMILES string of the molecule is CCCCCCCc1ccccc1OP(=S)(Oc1ccccc1CCCCCCC)SCc1ccccc1. The van der Waals surface area contributed by atoms with E-state index in [1.54, 1.807) is 11.4 Å². The Morgan fingerprint density at radius 2 is 1.03 bits per heavy atom. The largest absolute Gasteiger partial charge is 0.428 e. The molecule has 0 heterocycles. The van der Waals surface area contributed by atoms with Crippen molar-refractivity contribution in [3.8, 4) is 11.5 Å². The Hall–Kier alpha value is -1.74.